The Kier molecular flexibility index (Phi) is 12.9. The van der Waals surface area contributed by atoms with Gasteiger partial charge in [-0.1, -0.05) is 39.0 Å². The second-order valence-electron chi connectivity index (χ2n) is 3.05. The summed E-state index contributed by atoms with van der Waals surface area (Å²) in [7, 11) is -3.72. The number of rotatable bonds is 7. The van der Waals surface area contributed by atoms with Crippen molar-refractivity contribution >= 4 is 10.1 Å². The Labute approximate surface area is 120 Å². The van der Waals surface area contributed by atoms with E-state index in [1.54, 1.807) is 0 Å². The molecular weight excluding hydrogens is 349 g/mol. The second-order valence-corrected chi connectivity index (χ2v) is 4.63. The minimum Gasteiger partial charge on any atom is -0.286 e. The first kappa shape index (κ1) is 16.8. The summed E-state index contributed by atoms with van der Waals surface area (Å²) >= 11 is 0. The van der Waals surface area contributed by atoms with Crippen LogP contribution in [0.3, 0.4) is 0 Å². The van der Waals surface area contributed by atoms with Gasteiger partial charge in [0.2, 0.25) is 0 Å². The maximum Gasteiger partial charge on any atom is 0.264 e. The molecule has 0 aromatic heterocycles. The molecule has 1 N–H and O–H groups in total. The topological polar surface area (TPSA) is 54.4 Å². The SMILES string of the molecule is CCCCCCCCS(=O)(=O)O.[Yb]. The van der Waals surface area contributed by atoms with Crippen molar-refractivity contribution in [2.75, 3.05) is 5.75 Å². The average Bonchev–Trinajstić information content (AvgIpc) is 1.94. The number of unbranched alkanes of at least 4 members (excludes halogenated alkanes) is 5. The Morgan fingerprint density at radius 1 is 1.00 bits per heavy atom. The Morgan fingerprint density at radius 3 is 1.92 bits per heavy atom. The molecule has 0 saturated heterocycles. The van der Waals surface area contributed by atoms with Gasteiger partial charge in [0.25, 0.3) is 10.1 Å². The standard InChI is InChI=1S/C8H18O3S.Yb/c1-2-3-4-5-6-7-8-12(9,10)11;/h2-8H2,1H3,(H,9,10,11);. The fourth-order valence-corrected chi connectivity index (χ4v) is 1.63. The molecule has 0 unspecified atom stereocenters. The molecule has 13 heavy (non-hydrogen) atoms. The van der Waals surface area contributed by atoms with Gasteiger partial charge in [-0.25, -0.2) is 0 Å². The van der Waals surface area contributed by atoms with E-state index in [1.807, 2.05) is 0 Å². The van der Waals surface area contributed by atoms with Crippen LogP contribution in [0.15, 0.2) is 0 Å². The van der Waals surface area contributed by atoms with Gasteiger partial charge in [0, 0.05) is 46.9 Å². The summed E-state index contributed by atoms with van der Waals surface area (Å²) in [6, 6.07) is 0. The fourth-order valence-electron chi connectivity index (χ4n) is 1.06. The predicted octanol–water partition coefficient (Wildman–Crippen LogP) is 2.23. The quantitative estimate of drug-likeness (QED) is 0.555. The maximum absolute atomic E-state index is 10.3. The molecule has 0 aliphatic heterocycles. The Morgan fingerprint density at radius 2 is 1.46 bits per heavy atom. The zero-order valence-corrected chi connectivity index (χ0v) is 10.4. The van der Waals surface area contributed by atoms with Gasteiger partial charge in [-0.3, -0.25) is 4.55 Å². The molecule has 0 atom stereocenters. The normalized spacial score (nSPS) is 10.9. The van der Waals surface area contributed by atoms with Crippen molar-refractivity contribution in [1.82, 2.24) is 0 Å². The summed E-state index contributed by atoms with van der Waals surface area (Å²) in [4.78, 5) is 0. The van der Waals surface area contributed by atoms with Gasteiger partial charge in [-0.15, -0.1) is 0 Å². The average molecular weight is 367 g/mol. The smallest absolute Gasteiger partial charge is 0.264 e. The van der Waals surface area contributed by atoms with Crippen LogP contribution >= 0.6 is 0 Å². The van der Waals surface area contributed by atoms with Crippen LogP contribution in [0.25, 0.3) is 0 Å². The molecule has 0 aliphatic carbocycles. The molecule has 3 nitrogen and oxygen atoms in total. The molecule has 0 aromatic carbocycles. The molecular formula is C8H18O3SYb. The Hall–Kier alpha value is 1.43. The van der Waals surface area contributed by atoms with E-state index in [4.69, 9.17) is 4.55 Å². The third-order valence-electron chi connectivity index (χ3n) is 1.76. The van der Waals surface area contributed by atoms with Crippen molar-refractivity contribution in [3.05, 3.63) is 0 Å². The molecule has 0 aliphatic rings. The van der Waals surface area contributed by atoms with E-state index in [1.165, 1.54) is 19.3 Å². The molecule has 0 saturated carbocycles. The van der Waals surface area contributed by atoms with E-state index in [-0.39, 0.29) is 52.7 Å². The molecule has 0 rings (SSSR count). The van der Waals surface area contributed by atoms with E-state index in [0.717, 1.165) is 12.8 Å². The summed E-state index contributed by atoms with van der Waals surface area (Å²) < 4.78 is 28.9. The van der Waals surface area contributed by atoms with Gasteiger partial charge in [0.1, 0.15) is 0 Å². The largest absolute Gasteiger partial charge is 0.286 e. The van der Waals surface area contributed by atoms with E-state index < -0.39 is 10.1 Å². The van der Waals surface area contributed by atoms with Crippen LogP contribution in [-0.4, -0.2) is 18.7 Å². The summed E-state index contributed by atoms with van der Waals surface area (Å²) in [6.45, 7) is 2.14. The molecule has 0 radical (unpaired) electrons. The van der Waals surface area contributed by atoms with Crippen molar-refractivity contribution in [2.24, 2.45) is 0 Å². The number of hydrogen-bond acceptors (Lipinski definition) is 2. The molecule has 0 heterocycles. The van der Waals surface area contributed by atoms with Crippen molar-refractivity contribution in [3.8, 4) is 0 Å². The summed E-state index contributed by atoms with van der Waals surface area (Å²) in [5.74, 6) is -0.0842. The molecule has 0 bridgehead atoms. The second kappa shape index (κ2) is 9.96. The van der Waals surface area contributed by atoms with Gasteiger partial charge in [0.05, 0.1) is 5.75 Å². The van der Waals surface area contributed by atoms with Crippen molar-refractivity contribution in [2.45, 2.75) is 45.4 Å². The van der Waals surface area contributed by atoms with E-state index in [0.29, 0.717) is 6.42 Å². The van der Waals surface area contributed by atoms with Gasteiger partial charge < -0.3 is 0 Å². The zero-order valence-electron chi connectivity index (χ0n) is 7.89. The summed E-state index contributed by atoms with van der Waals surface area (Å²) in [5, 5.41) is 0. The van der Waals surface area contributed by atoms with Crippen LogP contribution in [0.2, 0.25) is 0 Å². The third-order valence-corrected chi connectivity index (χ3v) is 2.56. The first-order chi connectivity index (χ1) is 5.56. The van der Waals surface area contributed by atoms with Gasteiger partial charge in [-0.2, -0.15) is 8.42 Å². The van der Waals surface area contributed by atoms with Crippen LogP contribution in [0.5, 0.6) is 0 Å². The van der Waals surface area contributed by atoms with Crippen LogP contribution < -0.4 is 0 Å². The monoisotopic (exact) mass is 368 g/mol. The Bertz CT molecular complexity index is 190. The zero-order chi connectivity index (χ0) is 9.45. The first-order valence-electron chi connectivity index (χ1n) is 4.51. The van der Waals surface area contributed by atoms with Gasteiger partial charge in [0.15, 0.2) is 0 Å². The minimum atomic E-state index is -3.72. The van der Waals surface area contributed by atoms with Crippen LogP contribution in [0.4, 0.5) is 0 Å². The van der Waals surface area contributed by atoms with Crippen LogP contribution in [0, 0.1) is 46.9 Å². The van der Waals surface area contributed by atoms with Crippen molar-refractivity contribution < 1.29 is 59.9 Å². The number of hydrogen-bond donors (Lipinski definition) is 1. The predicted molar refractivity (Wildman–Crippen MR) is 49.8 cm³/mol. The van der Waals surface area contributed by atoms with Gasteiger partial charge in [-0.05, 0) is 6.42 Å². The van der Waals surface area contributed by atoms with Crippen LogP contribution in [-0.2, 0) is 10.1 Å². The summed E-state index contributed by atoms with van der Waals surface area (Å²) in [6.07, 6.45) is 6.14. The third kappa shape index (κ3) is 16.1. The van der Waals surface area contributed by atoms with E-state index in [2.05, 4.69) is 6.92 Å². The van der Waals surface area contributed by atoms with Crippen molar-refractivity contribution in [3.63, 3.8) is 0 Å². The minimum absolute atomic E-state index is 0. The molecule has 0 aromatic rings. The maximum atomic E-state index is 10.3. The van der Waals surface area contributed by atoms with E-state index in [9.17, 15) is 8.42 Å². The molecule has 88 valence electrons. The molecule has 0 amide bonds. The molecule has 5 heteroatoms. The Balaban J connectivity index is 0. The van der Waals surface area contributed by atoms with Crippen LogP contribution in [0.1, 0.15) is 45.4 Å². The fraction of sp³-hybridized carbons (Fsp3) is 1.00. The van der Waals surface area contributed by atoms with E-state index >= 15 is 0 Å². The molecule has 0 fully saturated rings. The molecule has 0 spiro atoms. The van der Waals surface area contributed by atoms with Gasteiger partial charge >= 0.3 is 0 Å². The van der Waals surface area contributed by atoms with Crippen molar-refractivity contribution in [1.29, 1.82) is 0 Å². The first-order valence-corrected chi connectivity index (χ1v) is 6.12. The summed E-state index contributed by atoms with van der Waals surface area (Å²) in [5.41, 5.74) is 0.